The van der Waals surface area contributed by atoms with Crippen LogP contribution in [-0.4, -0.2) is 31.0 Å². The molecule has 0 bridgehead atoms. The fraction of sp³-hybridized carbons (Fsp3) is 0.333. The van der Waals surface area contributed by atoms with Crippen molar-refractivity contribution in [3.63, 3.8) is 0 Å². The Morgan fingerprint density at radius 3 is 2.93 bits per heavy atom. The lowest BCUT2D eigenvalue weighted by Gasteiger charge is -2.19. The van der Waals surface area contributed by atoms with Crippen LogP contribution in [0.1, 0.15) is 30.6 Å². The molecule has 4 rings (SSSR count). The van der Waals surface area contributed by atoms with Crippen LogP contribution < -0.4 is 5.56 Å². The van der Waals surface area contributed by atoms with Gasteiger partial charge in [-0.1, -0.05) is 13.0 Å². The Balaban J connectivity index is 1.54. The van der Waals surface area contributed by atoms with Crippen molar-refractivity contribution in [3.8, 4) is 10.8 Å². The third-order valence-electron chi connectivity index (χ3n) is 4.11. The van der Waals surface area contributed by atoms with E-state index in [4.69, 9.17) is 4.42 Å². The minimum absolute atomic E-state index is 0.0389. The molecule has 4 aromatic rings. The van der Waals surface area contributed by atoms with E-state index in [-0.39, 0.29) is 5.56 Å². The molecule has 0 saturated heterocycles. The van der Waals surface area contributed by atoms with Gasteiger partial charge in [-0.2, -0.15) is 0 Å². The topological polar surface area (TPSA) is 76.5 Å². The molecule has 0 saturated carbocycles. The first kappa shape index (κ1) is 18.0. The van der Waals surface area contributed by atoms with Crippen molar-refractivity contribution in [1.82, 2.24) is 24.5 Å². The monoisotopic (exact) mass is 401 g/mol. The van der Waals surface area contributed by atoms with E-state index >= 15 is 0 Å². The molecule has 0 N–H and O–H groups in total. The first-order chi connectivity index (χ1) is 13.1. The summed E-state index contributed by atoms with van der Waals surface area (Å²) in [5.74, 6) is 1.11. The molecule has 0 amide bonds. The van der Waals surface area contributed by atoms with Gasteiger partial charge in [0.1, 0.15) is 0 Å². The van der Waals surface area contributed by atoms with Crippen LogP contribution in [-0.2, 0) is 13.1 Å². The molecule has 140 valence electrons. The highest BCUT2D eigenvalue weighted by atomic mass is 32.1. The van der Waals surface area contributed by atoms with E-state index in [0.717, 1.165) is 34.2 Å². The van der Waals surface area contributed by atoms with Gasteiger partial charge in [-0.3, -0.25) is 14.1 Å². The van der Waals surface area contributed by atoms with Crippen LogP contribution in [0.2, 0.25) is 0 Å². The highest BCUT2D eigenvalue weighted by Crippen LogP contribution is 2.23. The molecule has 0 unspecified atom stereocenters. The predicted molar refractivity (Wildman–Crippen MR) is 106 cm³/mol. The van der Waals surface area contributed by atoms with E-state index in [1.165, 1.54) is 11.3 Å². The van der Waals surface area contributed by atoms with Crippen molar-refractivity contribution in [2.24, 2.45) is 0 Å². The maximum Gasteiger partial charge on any atom is 0.259 e. The number of aromatic nitrogens is 4. The Morgan fingerprint density at radius 1 is 1.26 bits per heavy atom. The quantitative estimate of drug-likeness (QED) is 0.471. The number of thiophene rings is 1. The highest BCUT2D eigenvalue weighted by Gasteiger charge is 2.15. The van der Waals surface area contributed by atoms with E-state index in [1.807, 2.05) is 29.8 Å². The fourth-order valence-electron chi connectivity index (χ4n) is 2.95. The molecular formula is C18H19N5O2S2. The summed E-state index contributed by atoms with van der Waals surface area (Å²) in [5, 5.41) is 12.2. The van der Waals surface area contributed by atoms with Gasteiger partial charge < -0.3 is 4.42 Å². The number of nitrogens with zero attached hydrogens (tertiary/aromatic N) is 5. The summed E-state index contributed by atoms with van der Waals surface area (Å²) in [4.78, 5) is 20.9. The average molecular weight is 402 g/mol. The van der Waals surface area contributed by atoms with E-state index in [0.29, 0.717) is 24.9 Å². The van der Waals surface area contributed by atoms with Crippen molar-refractivity contribution >= 4 is 27.6 Å². The second kappa shape index (κ2) is 7.71. The SMILES string of the molecule is CCCN(Cc1cc(=O)n2c(C)csc2n1)Cc1nnc(-c2cccs2)o1. The molecule has 7 nitrogen and oxygen atoms in total. The molecule has 0 fully saturated rings. The smallest absolute Gasteiger partial charge is 0.259 e. The number of fused-ring (bicyclic) bond motifs is 1. The van der Waals surface area contributed by atoms with Gasteiger partial charge >= 0.3 is 0 Å². The summed E-state index contributed by atoms with van der Waals surface area (Å²) in [7, 11) is 0. The van der Waals surface area contributed by atoms with Gasteiger partial charge in [-0.15, -0.1) is 32.9 Å². The van der Waals surface area contributed by atoms with Crippen LogP contribution in [0.25, 0.3) is 15.7 Å². The number of hydrogen-bond donors (Lipinski definition) is 0. The number of aryl methyl sites for hydroxylation is 1. The van der Waals surface area contributed by atoms with Gasteiger partial charge in [-0.25, -0.2) is 4.98 Å². The van der Waals surface area contributed by atoms with Gasteiger partial charge in [0.25, 0.3) is 11.4 Å². The molecule has 0 spiro atoms. The van der Waals surface area contributed by atoms with E-state index in [2.05, 4.69) is 27.0 Å². The van der Waals surface area contributed by atoms with Crippen LogP contribution in [0.15, 0.2) is 38.2 Å². The third-order valence-corrected chi connectivity index (χ3v) is 5.91. The summed E-state index contributed by atoms with van der Waals surface area (Å²) < 4.78 is 7.44. The standard InChI is InChI=1S/C18H19N5O2S2/c1-3-6-22(10-15-20-21-17(25-15)14-5-4-7-26-14)9-13-8-16(24)23-12(2)11-27-18(23)19-13/h4-5,7-8,11H,3,6,9-10H2,1-2H3. The number of hydrogen-bond acceptors (Lipinski definition) is 8. The van der Waals surface area contributed by atoms with Gasteiger partial charge in [0.15, 0.2) is 4.96 Å². The van der Waals surface area contributed by atoms with Gasteiger partial charge in [0.2, 0.25) is 5.89 Å². The van der Waals surface area contributed by atoms with Crippen LogP contribution in [0, 0.1) is 6.92 Å². The molecule has 4 heterocycles. The van der Waals surface area contributed by atoms with E-state index in [1.54, 1.807) is 21.8 Å². The second-order valence-corrected chi connectivity index (χ2v) is 8.05. The molecule has 0 atom stereocenters. The Kier molecular flexibility index (Phi) is 5.15. The third kappa shape index (κ3) is 3.85. The Hall–Kier alpha value is -2.36. The fourth-order valence-corrected chi connectivity index (χ4v) is 4.48. The molecule has 0 aliphatic carbocycles. The summed E-state index contributed by atoms with van der Waals surface area (Å²) in [6.45, 7) is 5.97. The minimum atomic E-state index is -0.0389. The van der Waals surface area contributed by atoms with Crippen LogP contribution in [0.3, 0.4) is 0 Å². The van der Waals surface area contributed by atoms with Crippen molar-refractivity contribution in [1.29, 1.82) is 0 Å². The Bertz CT molecular complexity index is 1100. The summed E-state index contributed by atoms with van der Waals surface area (Å²) in [5.41, 5.74) is 1.63. The summed E-state index contributed by atoms with van der Waals surface area (Å²) in [6.07, 6.45) is 0.977. The maximum atomic E-state index is 12.4. The molecule has 4 aromatic heterocycles. The summed E-state index contributed by atoms with van der Waals surface area (Å²) in [6, 6.07) is 5.53. The molecule has 0 aromatic carbocycles. The maximum absolute atomic E-state index is 12.4. The van der Waals surface area contributed by atoms with Crippen LogP contribution >= 0.6 is 22.7 Å². The van der Waals surface area contributed by atoms with Crippen LogP contribution in [0.5, 0.6) is 0 Å². The lowest BCUT2D eigenvalue weighted by Crippen LogP contribution is -2.26. The lowest BCUT2D eigenvalue weighted by atomic mass is 10.3. The van der Waals surface area contributed by atoms with E-state index in [9.17, 15) is 4.79 Å². The van der Waals surface area contributed by atoms with Crippen molar-refractivity contribution < 1.29 is 4.42 Å². The predicted octanol–water partition coefficient (Wildman–Crippen LogP) is 3.59. The molecule has 0 aliphatic rings. The lowest BCUT2D eigenvalue weighted by molar-refractivity contribution is 0.229. The zero-order valence-corrected chi connectivity index (χ0v) is 16.7. The Labute approximate surface area is 163 Å². The Morgan fingerprint density at radius 2 is 2.15 bits per heavy atom. The van der Waals surface area contributed by atoms with Crippen molar-refractivity contribution in [2.75, 3.05) is 6.54 Å². The van der Waals surface area contributed by atoms with Crippen LogP contribution in [0.4, 0.5) is 0 Å². The number of thiazole rings is 1. The minimum Gasteiger partial charge on any atom is -0.419 e. The van der Waals surface area contributed by atoms with Gasteiger partial charge in [0.05, 0.1) is 17.1 Å². The molecule has 0 aliphatic heterocycles. The molecule has 27 heavy (non-hydrogen) atoms. The van der Waals surface area contributed by atoms with Gasteiger partial charge in [0, 0.05) is 23.7 Å². The summed E-state index contributed by atoms with van der Waals surface area (Å²) >= 11 is 3.05. The second-order valence-electron chi connectivity index (χ2n) is 6.27. The molecular weight excluding hydrogens is 382 g/mol. The van der Waals surface area contributed by atoms with Crippen molar-refractivity contribution in [3.05, 3.63) is 56.6 Å². The van der Waals surface area contributed by atoms with E-state index < -0.39 is 0 Å². The first-order valence-electron chi connectivity index (χ1n) is 8.69. The number of rotatable bonds is 7. The zero-order valence-electron chi connectivity index (χ0n) is 15.1. The molecule has 9 heteroatoms. The average Bonchev–Trinajstić information content (AvgIpc) is 3.36. The molecule has 0 radical (unpaired) electrons. The van der Waals surface area contributed by atoms with Crippen molar-refractivity contribution in [2.45, 2.75) is 33.4 Å². The zero-order chi connectivity index (χ0) is 18.8. The highest BCUT2D eigenvalue weighted by molar-refractivity contribution is 7.15. The normalized spacial score (nSPS) is 11.7. The van der Waals surface area contributed by atoms with Gasteiger partial charge in [-0.05, 0) is 31.3 Å². The largest absolute Gasteiger partial charge is 0.419 e. The first-order valence-corrected chi connectivity index (χ1v) is 10.5.